The molecule has 0 N–H and O–H groups in total. The summed E-state index contributed by atoms with van der Waals surface area (Å²) in [6, 6.07) is 14.0. The second kappa shape index (κ2) is 7.75. The molecule has 0 spiro atoms. The smallest absolute Gasteiger partial charge is 0.130 e. The molecule has 0 aliphatic carbocycles. The van der Waals surface area contributed by atoms with Gasteiger partial charge in [-0.1, -0.05) is 24.3 Å². The molecule has 0 fully saturated rings. The molecule has 5 heteroatoms. The Morgan fingerprint density at radius 1 is 0.792 bits per heavy atom. The van der Waals surface area contributed by atoms with E-state index in [2.05, 4.69) is 9.97 Å². The Hall–Kier alpha value is -2.66. The SMILES string of the molecule is Fc1ccc(C(OCCc2ncccn2)c2ccc(F)cc2)cc1. The van der Waals surface area contributed by atoms with Crippen LogP contribution in [-0.2, 0) is 11.2 Å². The van der Waals surface area contributed by atoms with E-state index in [1.807, 2.05) is 0 Å². The average molecular weight is 326 g/mol. The fraction of sp³-hybridized carbons (Fsp3) is 0.158. The molecule has 3 aromatic rings. The van der Waals surface area contributed by atoms with Crippen LogP contribution in [-0.4, -0.2) is 16.6 Å². The van der Waals surface area contributed by atoms with E-state index in [1.54, 1.807) is 42.7 Å². The van der Waals surface area contributed by atoms with Crippen molar-refractivity contribution < 1.29 is 13.5 Å². The predicted octanol–water partition coefficient (Wildman–Crippen LogP) is 4.10. The van der Waals surface area contributed by atoms with E-state index in [0.29, 0.717) is 18.9 Å². The molecule has 0 bridgehead atoms. The minimum Gasteiger partial charge on any atom is -0.368 e. The second-order valence-electron chi connectivity index (χ2n) is 5.27. The highest BCUT2D eigenvalue weighted by molar-refractivity contribution is 5.30. The van der Waals surface area contributed by atoms with Crippen LogP contribution in [0.15, 0.2) is 67.0 Å². The highest BCUT2D eigenvalue weighted by atomic mass is 19.1. The molecule has 0 aliphatic rings. The zero-order valence-electron chi connectivity index (χ0n) is 12.9. The molecule has 0 atom stereocenters. The van der Waals surface area contributed by atoms with Gasteiger partial charge in [0.2, 0.25) is 0 Å². The van der Waals surface area contributed by atoms with E-state index < -0.39 is 6.10 Å². The summed E-state index contributed by atoms with van der Waals surface area (Å²) in [6.07, 6.45) is 3.51. The first-order valence-electron chi connectivity index (χ1n) is 7.61. The quantitative estimate of drug-likeness (QED) is 0.684. The van der Waals surface area contributed by atoms with Gasteiger partial charge in [-0.25, -0.2) is 18.7 Å². The lowest BCUT2D eigenvalue weighted by Crippen LogP contribution is -2.10. The Labute approximate surface area is 139 Å². The normalized spacial score (nSPS) is 11.0. The molecular weight excluding hydrogens is 310 g/mol. The maximum atomic E-state index is 13.2. The van der Waals surface area contributed by atoms with Crippen LogP contribution in [0.2, 0.25) is 0 Å². The summed E-state index contributed by atoms with van der Waals surface area (Å²) in [6.45, 7) is 0.392. The summed E-state index contributed by atoms with van der Waals surface area (Å²) >= 11 is 0. The first kappa shape index (κ1) is 16.2. The molecule has 2 aromatic carbocycles. The van der Waals surface area contributed by atoms with Gasteiger partial charge in [0.25, 0.3) is 0 Å². The monoisotopic (exact) mass is 326 g/mol. The van der Waals surface area contributed by atoms with Crippen molar-refractivity contribution in [3.05, 3.63) is 95.6 Å². The molecular formula is C19H16F2N2O. The number of aromatic nitrogens is 2. The van der Waals surface area contributed by atoms with Crippen LogP contribution in [0.25, 0.3) is 0 Å². The van der Waals surface area contributed by atoms with Crippen molar-refractivity contribution in [1.82, 2.24) is 9.97 Å². The molecule has 1 aromatic heterocycles. The van der Waals surface area contributed by atoms with Crippen molar-refractivity contribution in [3.8, 4) is 0 Å². The molecule has 1 heterocycles. The number of ether oxygens (including phenoxy) is 1. The number of rotatable bonds is 6. The van der Waals surface area contributed by atoms with Crippen molar-refractivity contribution in [2.45, 2.75) is 12.5 Å². The van der Waals surface area contributed by atoms with E-state index in [-0.39, 0.29) is 11.6 Å². The third-order valence-electron chi connectivity index (χ3n) is 3.57. The van der Waals surface area contributed by atoms with Gasteiger partial charge in [0.15, 0.2) is 0 Å². The summed E-state index contributed by atoms with van der Waals surface area (Å²) < 4.78 is 32.3. The van der Waals surface area contributed by atoms with Gasteiger partial charge in [-0.15, -0.1) is 0 Å². The summed E-state index contributed by atoms with van der Waals surface area (Å²) in [5.41, 5.74) is 1.61. The van der Waals surface area contributed by atoms with Gasteiger partial charge in [-0.3, -0.25) is 0 Å². The van der Waals surface area contributed by atoms with Crippen LogP contribution in [0.1, 0.15) is 23.1 Å². The van der Waals surface area contributed by atoms with Crippen LogP contribution < -0.4 is 0 Å². The van der Waals surface area contributed by atoms with Gasteiger partial charge in [0.05, 0.1) is 6.61 Å². The largest absolute Gasteiger partial charge is 0.368 e. The fourth-order valence-corrected chi connectivity index (χ4v) is 2.39. The van der Waals surface area contributed by atoms with E-state index in [1.165, 1.54) is 24.3 Å². The van der Waals surface area contributed by atoms with E-state index in [4.69, 9.17) is 4.74 Å². The topological polar surface area (TPSA) is 35.0 Å². The Balaban J connectivity index is 1.76. The van der Waals surface area contributed by atoms with Gasteiger partial charge in [-0.2, -0.15) is 0 Å². The maximum Gasteiger partial charge on any atom is 0.130 e. The van der Waals surface area contributed by atoms with E-state index >= 15 is 0 Å². The second-order valence-corrected chi connectivity index (χ2v) is 5.27. The van der Waals surface area contributed by atoms with E-state index in [9.17, 15) is 8.78 Å². The standard InChI is InChI=1S/C19H16F2N2O/c20-16-6-2-14(3-7-16)19(15-4-8-17(21)9-5-15)24-13-10-18-22-11-1-12-23-18/h1-9,11-12,19H,10,13H2. The minimum atomic E-state index is -0.407. The maximum absolute atomic E-state index is 13.2. The molecule has 0 aliphatic heterocycles. The highest BCUT2D eigenvalue weighted by Crippen LogP contribution is 2.26. The predicted molar refractivity (Wildman–Crippen MR) is 86.3 cm³/mol. The minimum absolute atomic E-state index is 0.311. The number of halogens is 2. The van der Waals surface area contributed by atoms with Crippen molar-refractivity contribution in [2.24, 2.45) is 0 Å². The van der Waals surface area contributed by atoms with Crippen LogP contribution in [0.5, 0.6) is 0 Å². The molecule has 0 amide bonds. The van der Waals surface area contributed by atoms with Crippen LogP contribution in [0.4, 0.5) is 8.78 Å². The zero-order valence-corrected chi connectivity index (χ0v) is 12.9. The first-order chi connectivity index (χ1) is 11.7. The van der Waals surface area contributed by atoms with Gasteiger partial charge < -0.3 is 4.74 Å². The zero-order chi connectivity index (χ0) is 16.8. The summed E-state index contributed by atoms with van der Waals surface area (Å²) in [7, 11) is 0. The number of nitrogens with zero attached hydrogens (tertiary/aromatic N) is 2. The van der Waals surface area contributed by atoms with Crippen molar-refractivity contribution in [2.75, 3.05) is 6.61 Å². The lowest BCUT2D eigenvalue weighted by molar-refractivity contribution is 0.0815. The fourth-order valence-electron chi connectivity index (χ4n) is 2.39. The average Bonchev–Trinajstić information content (AvgIpc) is 2.62. The molecule has 0 saturated carbocycles. The molecule has 0 unspecified atom stereocenters. The Kier molecular flexibility index (Phi) is 5.23. The van der Waals surface area contributed by atoms with Gasteiger partial charge in [-0.05, 0) is 41.5 Å². The third kappa shape index (κ3) is 4.20. The first-order valence-corrected chi connectivity index (χ1v) is 7.61. The van der Waals surface area contributed by atoms with Gasteiger partial charge >= 0.3 is 0 Å². The Morgan fingerprint density at radius 3 is 1.79 bits per heavy atom. The molecule has 0 radical (unpaired) electrons. The van der Waals surface area contributed by atoms with E-state index in [0.717, 1.165) is 11.1 Å². The molecule has 0 saturated heterocycles. The van der Waals surface area contributed by atoms with Crippen LogP contribution in [0.3, 0.4) is 0 Å². The summed E-state index contributed by atoms with van der Waals surface area (Å²) in [5, 5.41) is 0. The number of benzene rings is 2. The van der Waals surface area contributed by atoms with Gasteiger partial charge in [0.1, 0.15) is 23.6 Å². The third-order valence-corrected chi connectivity index (χ3v) is 3.57. The number of hydrogen-bond donors (Lipinski definition) is 0. The lowest BCUT2D eigenvalue weighted by atomic mass is 10.0. The highest BCUT2D eigenvalue weighted by Gasteiger charge is 2.15. The number of hydrogen-bond acceptors (Lipinski definition) is 3. The Bertz CT molecular complexity index is 716. The molecule has 24 heavy (non-hydrogen) atoms. The lowest BCUT2D eigenvalue weighted by Gasteiger charge is -2.19. The van der Waals surface area contributed by atoms with Crippen molar-refractivity contribution in [1.29, 1.82) is 0 Å². The van der Waals surface area contributed by atoms with Crippen molar-refractivity contribution >= 4 is 0 Å². The van der Waals surface area contributed by atoms with Crippen LogP contribution >= 0.6 is 0 Å². The summed E-state index contributed by atoms with van der Waals surface area (Å²) in [5.74, 6) is 0.0676. The molecule has 122 valence electrons. The molecule has 3 rings (SSSR count). The van der Waals surface area contributed by atoms with Crippen molar-refractivity contribution in [3.63, 3.8) is 0 Å². The Morgan fingerprint density at radius 2 is 1.29 bits per heavy atom. The van der Waals surface area contributed by atoms with Gasteiger partial charge in [0, 0.05) is 18.8 Å². The molecule has 3 nitrogen and oxygen atoms in total. The summed E-state index contributed by atoms with van der Waals surface area (Å²) in [4.78, 5) is 8.31. The van der Waals surface area contributed by atoms with Crippen LogP contribution in [0, 0.1) is 11.6 Å².